The highest BCUT2D eigenvalue weighted by Crippen LogP contribution is 2.13. The van der Waals surface area contributed by atoms with Crippen LogP contribution in [0.15, 0.2) is 47.5 Å². The van der Waals surface area contributed by atoms with Gasteiger partial charge in [-0.3, -0.25) is 9.20 Å². The molecule has 118 valence electrons. The molecule has 8 nitrogen and oxygen atoms in total. The summed E-state index contributed by atoms with van der Waals surface area (Å²) in [5, 5.41) is 19.9. The van der Waals surface area contributed by atoms with Crippen LogP contribution in [0.25, 0.3) is 5.65 Å². The van der Waals surface area contributed by atoms with Gasteiger partial charge in [0.05, 0.1) is 12.8 Å². The second-order valence-corrected chi connectivity index (χ2v) is 4.95. The van der Waals surface area contributed by atoms with Gasteiger partial charge in [0, 0.05) is 19.8 Å². The van der Waals surface area contributed by atoms with E-state index in [1.807, 2.05) is 13.1 Å². The number of rotatable bonds is 5. The van der Waals surface area contributed by atoms with Gasteiger partial charge < -0.3 is 15.3 Å². The van der Waals surface area contributed by atoms with Gasteiger partial charge in [-0.25, -0.2) is 4.98 Å². The van der Waals surface area contributed by atoms with Gasteiger partial charge in [0.1, 0.15) is 11.3 Å². The molecule has 3 aromatic heterocycles. The van der Waals surface area contributed by atoms with Gasteiger partial charge in [0.25, 0.3) is 5.56 Å². The fraction of sp³-hybridized carbons (Fsp3) is 0.200. The van der Waals surface area contributed by atoms with Gasteiger partial charge in [-0.1, -0.05) is 6.07 Å². The number of fused-ring (bicyclic) bond motifs is 1. The maximum absolute atomic E-state index is 12.4. The van der Waals surface area contributed by atoms with Crippen molar-refractivity contribution in [2.75, 3.05) is 30.4 Å². The lowest BCUT2D eigenvalue weighted by Crippen LogP contribution is -2.22. The molecule has 23 heavy (non-hydrogen) atoms. The Morgan fingerprint density at radius 1 is 1.26 bits per heavy atom. The monoisotopic (exact) mass is 312 g/mol. The molecular weight excluding hydrogens is 296 g/mol. The second kappa shape index (κ2) is 6.41. The molecular formula is C15H16N6O2. The van der Waals surface area contributed by atoms with E-state index in [9.17, 15) is 4.79 Å². The van der Waals surface area contributed by atoms with Crippen molar-refractivity contribution in [1.82, 2.24) is 19.6 Å². The van der Waals surface area contributed by atoms with E-state index >= 15 is 0 Å². The molecule has 0 saturated heterocycles. The Bertz CT molecular complexity index is 862. The number of hydrogen-bond donors (Lipinski definition) is 2. The minimum atomic E-state index is -0.209. The fourth-order valence-corrected chi connectivity index (χ4v) is 2.11. The van der Waals surface area contributed by atoms with Crippen molar-refractivity contribution in [2.24, 2.45) is 0 Å². The van der Waals surface area contributed by atoms with Crippen molar-refractivity contribution in [3.63, 3.8) is 0 Å². The number of pyridine rings is 1. The van der Waals surface area contributed by atoms with Crippen molar-refractivity contribution < 1.29 is 5.11 Å². The number of nitrogens with zero attached hydrogens (tertiary/aromatic N) is 5. The Balaban J connectivity index is 1.85. The summed E-state index contributed by atoms with van der Waals surface area (Å²) in [5.41, 5.74) is 0.688. The van der Waals surface area contributed by atoms with Crippen LogP contribution < -0.4 is 15.8 Å². The second-order valence-electron chi connectivity index (χ2n) is 4.95. The molecule has 2 N–H and O–H groups in total. The van der Waals surface area contributed by atoms with Crippen molar-refractivity contribution in [1.29, 1.82) is 0 Å². The van der Waals surface area contributed by atoms with Gasteiger partial charge in [0.2, 0.25) is 0 Å². The van der Waals surface area contributed by atoms with Crippen LogP contribution in [0.2, 0.25) is 0 Å². The van der Waals surface area contributed by atoms with Crippen molar-refractivity contribution >= 4 is 23.0 Å². The van der Waals surface area contributed by atoms with E-state index < -0.39 is 0 Å². The Morgan fingerprint density at radius 3 is 2.87 bits per heavy atom. The zero-order valence-electron chi connectivity index (χ0n) is 12.5. The van der Waals surface area contributed by atoms with E-state index in [0.717, 1.165) is 0 Å². The lowest BCUT2D eigenvalue weighted by molar-refractivity contribution is 0.303. The van der Waals surface area contributed by atoms with E-state index in [1.54, 1.807) is 35.4 Å². The van der Waals surface area contributed by atoms with Crippen LogP contribution in [0.4, 0.5) is 17.3 Å². The maximum atomic E-state index is 12.4. The molecule has 0 bridgehead atoms. The molecule has 0 atom stereocenters. The average Bonchev–Trinajstić information content (AvgIpc) is 2.58. The number of anilines is 3. The molecule has 0 aromatic carbocycles. The first-order valence-electron chi connectivity index (χ1n) is 7.08. The zero-order chi connectivity index (χ0) is 16.2. The third kappa shape index (κ3) is 3.11. The molecule has 8 heteroatoms. The largest absolute Gasteiger partial charge is 0.395 e. The first-order chi connectivity index (χ1) is 11.2. The van der Waals surface area contributed by atoms with Crippen LogP contribution in [-0.2, 0) is 0 Å². The molecule has 3 rings (SSSR count). The van der Waals surface area contributed by atoms with Crippen LogP contribution >= 0.6 is 0 Å². The van der Waals surface area contributed by atoms with E-state index in [-0.39, 0.29) is 12.2 Å². The summed E-state index contributed by atoms with van der Waals surface area (Å²) >= 11 is 0. The van der Waals surface area contributed by atoms with Crippen molar-refractivity contribution in [3.05, 3.63) is 53.1 Å². The summed E-state index contributed by atoms with van der Waals surface area (Å²) < 4.78 is 1.46. The first kappa shape index (κ1) is 14.9. The smallest absolute Gasteiger partial charge is 0.281 e. The molecule has 3 aromatic rings. The number of aromatic nitrogens is 4. The standard InChI is InChI=1S/C15H16N6O2/c1-20(8-9-22)14-6-5-12(18-19-14)17-11-10-16-13-4-2-3-7-21(13)15(11)23/h2-7,10,22H,8-9H2,1H3,(H,17,18). The normalized spacial score (nSPS) is 10.7. The number of aliphatic hydroxyl groups excluding tert-OH is 1. The summed E-state index contributed by atoms with van der Waals surface area (Å²) in [4.78, 5) is 18.4. The van der Waals surface area contributed by atoms with Crippen LogP contribution in [0, 0.1) is 0 Å². The average molecular weight is 312 g/mol. The van der Waals surface area contributed by atoms with Crippen LogP contribution in [0.1, 0.15) is 0 Å². The minimum Gasteiger partial charge on any atom is -0.395 e. The molecule has 0 spiro atoms. The number of aliphatic hydroxyl groups is 1. The molecule has 0 amide bonds. The van der Waals surface area contributed by atoms with Crippen LogP contribution in [-0.4, -0.2) is 44.9 Å². The highest BCUT2D eigenvalue weighted by atomic mass is 16.3. The van der Waals surface area contributed by atoms with E-state index in [0.29, 0.717) is 29.5 Å². The van der Waals surface area contributed by atoms with Crippen molar-refractivity contribution in [3.8, 4) is 0 Å². The number of likely N-dealkylation sites (N-methyl/N-ethyl adjacent to an activating group) is 1. The SMILES string of the molecule is CN(CCO)c1ccc(Nc2cnc3ccccn3c2=O)nn1. The summed E-state index contributed by atoms with van der Waals surface area (Å²) in [6.07, 6.45) is 3.14. The molecule has 0 aliphatic heterocycles. The van der Waals surface area contributed by atoms with Gasteiger partial charge in [0.15, 0.2) is 11.6 Å². The van der Waals surface area contributed by atoms with E-state index in [4.69, 9.17) is 5.11 Å². The molecule has 3 heterocycles. The quantitative estimate of drug-likeness (QED) is 0.714. The lowest BCUT2D eigenvalue weighted by atomic mass is 10.4. The summed E-state index contributed by atoms with van der Waals surface area (Å²) in [5.74, 6) is 1.08. The van der Waals surface area contributed by atoms with E-state index in [1.165, 1.54) is 10.6 Å². The van der Waals surface area contributed by atoms with Gasteiger partial charge >= 0.3 is 0 Å². The Morgan fingerprint density at radius 2 is 2.13 bits per heavy atom. The predicted octanol–water partition coefficient (Wildman–Crippen LogP) is 0.657. The molecule has 0 saturated carbocycles. The molecule has 0 fully saturated rings. The number of nitrogens with one attached hydrogen (secondary N) is 1. The molecule has 0 aliphatic carbocycles. The van der Waals surface area contributed by atoms with Gasteiger partial charge in [-0.2, -0.15) is 0 Å². The Kier molecular flexibility index (Phi) is 4.15. The summed E-state index contributed by atoms with van der Waals surface area (Å²) in [6.45, 7) is 0.509. The summed E-state index contributed by atoms with van der Waals surface area (Å²) in [7, 11) is 1.81. The fourth-order valence-electron chi connectivity index (χ4n) is 2.11. The third-order valence-corrected chi connectivity index (χ3v) is 3.35. The topological polar surface area (TPSA) is 95.7 Å². The first-order valence-corrected chi connectivity index (χ1v) is 7.08. The lowest BCUT2D eigenvalue weighted by Gasteiger charge is -2.15. The highest BCUT2D eigenvalue weighted by Gasteiger charge is 2.07. The Labute approximate surface area is 132 Å². The number of hydrogen-bond acceptors (Lipinski definition) is 7. The van der Waals surface area contributed by atoms with Crippen LogP contribution in [0.5, 0.6) is 0 Å². The maximum Gasteiger partial charge on any atom is 0.281 e. The van der Waals surface area contributed by atoms with E-state index in [2.05, 4.69) is 20.5 Å². The van der Waals surface area contributed by atoms with Gasteiger partial charge in [-0.15, -0.1) is 10.2 Å². The molecule has 0 aliphatic rings. The highest BCUT2D eigenvalue weighted by molar-refractivity contribution is 5.56. The Hall–Kier alpha value is -3.00. The van der Waals surface area contributed by atoms with Gasteiger partial charge in [-0.05, 0) is 24.3 Å². The van der Waals surface area contributed by atoms with Crippen molar-refractivity contribution in [2.45, 2.75) is 0 Å². The minimum absolute atomic E-state index is 0.0394. The molecule has 0 unspecified atom stereocenters. The molecule has 0 radical (unpaired) electrons. The third-order valence-electron chi connectivity index (χ3n) is 3.35. The van der Waals surface area contributed by atoms with Crippen LogP contribution in [0.3, 0.4) is 0 Å². The zero-order valence-corrected chi connectivity index (χ0v) is 12.5. The summed E-state index contributed by atoms with van der Waals surface area (Å²) in [6, 6.07) is 8.83. The predicted molar refractivity (Wildman–Crippen MR) is 87.1 cm³/mol.